The third kappa shape index (κ3) is 5.16. The lowest BCUT2D eigenvalue weighted by Crippen LogP contribution is -2.35. The minimum atomic E-state index is -2.54. The molecule has 0 amide bonds. The molecular formula is C9H18Cl2F2N4. The van der Waals surface area contributed by atoms with Crippen LogP contribution in [0.3, 0.4) is 0 Å². The first-order chi connectivity index (χ1) is 7.06. The van der Waals surface area contributed by atoms with Crippen LogP contribution in [0.5, 0.6) is 0 Å². The van der Waals surface area contributed by atoms with Crippen LogP contribution in [0.1, 0.15) is 19.3 Å². The van der Waals surface area contributed by atoms with Crippen LogP contribution >= 0.6 is 24.8 Å². The predicted molar refractivity (Wildman–Crippen MR) is 68.0 cm³/mol. The van der Waals surface area contributed by atoms with E-state index in [2.05, 4.69) is 4.98 Å². The Hall–Kier alpha value is -0.430. The standard InChI is InChI=1S/C9H16F2N4.2ClH/c1-7(5-12)14(2)6-8-13-3-4-15(8)9(10)11;;/h3-4,7,9H,5-6,12H2,1-2H3;2*1H. The Labute approximate surface area is 112 Å². The number of halogens is 4. The Kier molecular flexibility index (Phi) is 9.61. The van der Waals surface area contributed by atoms with Crippen molar-refractivity contribution in [3.8, 4) is 0 Å². The van der Waals surface area contributed by atoms with E-state index in [0.29, 0.717) is 18.9 Å². The van der Waals surface area contributed by atoms with Gasteiger partial charge in [0.15, 0.2) is 0 Å². The highest BCUT2D eigenvalue weighted by atomic mass is 35.5. The average molecular weight is 291 g/mol. The van der Waals surface area contributed by atoms with Crippen molar-refractivity contribution in [3.63, 3.8) is 0 Å². The number of nitrogens with two attached hydrogens (primary N) is 1. The maximum atomic E-state index is 12.5. The van der Waals surface area contributed by atoms with Crippen LogP contribution in [0.4, 0.5) is 8.78 Å². The van der Waals surface area contributed by atoms with Gasteiger partial charge in [0, 0.05) is 25.0 Å². The Morgan fingerprint density at radius 2 is 2.06 bits per heavy atom. The van der Waals surface area contributed by atoms with E-state index in [1.807, 2.05) is 18.9 Å². The van der Waals surface area contributed by atoms with Gasteiger partial charge >= 0.3 is 6.55 Å². The van der Waals surface area contributed by atoms with Gasteiger partial charge in [0.2, 0.25) is 0 Å². The van der Waals surface area contributed by atoms with Gasteiger partial charge in [0.1, 0.15) is 5.82 Å². The Bertz CT molecular complexity index is 309. The first-order valence-corrected chi connectivity index (χ1v) is 4.76. The first-order valence-electron chi connectivity index (χ1n) is 4.76. The van der Waals surface area contributed by atoms with Gasteiger partial charge in [0.25, 0.3) is 0 Å². The van der Waals surface area contributed by atoms with E-state index in [4.69, 9.17) is 5.73 Å². The summed E-state index contributed by atoms with van der Waals surface area (Å²) >= 11 is 0. The van der Waals surface area contributed by atoms with E-state index in [0.717, 1.165) is 4.57 Å². The molecule has 0 fully saturated rings. The van der Waals surface area contributed by atoms with Crippen molar-refractivity contribution in [2.75, 3.05) is 13.6 Å². The van der Waals surface area contributed by atoms with Gasteiger partial charge in [0.05, 0.1) is 6.54 Å². The van der Waals surface area contributed by atoms with Crippen molar-refractivity contribution in [1.82, 2.24) is 14.5 Å². The van der Waals surface area contributed by atoms with Gasteiger partial charge in [-0.05, 0) is 14.0 Å². The summed E-state index contributed by atoms with van der Waals surface area (Å²) in [7, 11) is 1.84. The Morgan fingerprint density at radius 1 is 1.47 bits per heavy atom. The SMILES string of the molecule is CC(CN)N(C)Cc1nccn1C(F)F.Cl.Cl. The molecule has 1 aromatic heterocycles. The van der Waals surface area contributed by atoms with E-state index in [1.54, 1.807) is 0 Å². The number of nitrogens with zero attached hydrogens (tertiary/aromatic N) is 3. The van der Waals surface area contributed by atoms with E-state index in [9.17, 15) is 8.78 Å². The summed E-state index contributed by atoms with van der Waals surface area (Å²) in [6.07, 6.45) is 2.66. The van der Waals surface area contributed by atoms with Crippen molar-refractivity contribution in [2.45, 2.75) is 26.1 Å². The van der Waals surface area contributed by atoms with Gasteiger partial charge in [-0.1, -0.05) is 0 Å². The summed E-state index contributed by atoms with van der Waals surface area (Å²) in [4.78, 5) is 5.78. The van der Waals surface area contributed by atoms with Gasteiger partial charge in [-0.25, -0.2) is 4.98 Å². The lowest BCUT2D eigenvalue weighted by atomic mass is 10.3. The molecule has 1 aromatic rings. The molecule has 0 spiro atoms. The third-order valence-corrected chi connectivity index (χ3v) is 2.44. The fraction of sp³-hybridized carbons (Fsp3) is 0.667. The van der Waals surface area contributed by atoms with Crippen molar-refractivity contribution < 1.29 is 8.78 Å². The monoisotopic (exact) mass is 290 g/mol. The molecule has 0 bridgehead atoms. The number of hydrogen-bond acceptors (Lipinski definition) is 3. The molecule has 0 aliphatic rings. The highest BCUT2D eigenvalue weighted by Gasteiger charge is 2.15. The lowest BCUT2D eigenvalue weighted by Gasteiger charge is -2.23. The summed E-state index contributed by atoms with van der Waals surface area (Å²) in [5.41, 5.74) is 5.48. The molecule has 1 rings (SSSR count). The third-order valence-electron chi connectivity index (χ3n) is 2.44. The van der Waals surface area contributed by atoms with E-state index >= 15 is 0 Å². The van der Waals surface area contributed by atoms with Crippen LogP contribution in [-0.2, 0) is 6.54 Å². The second-order valence-electron chi connectivity index (χ2n) is 3.53. The molecule has 2 N–H and O–H groups in total. The first kappa shape index (κ1) is 18.9. The minimum Gasteiger partial charge on any atom is -0.329 e. The zero-order valence-corrected chi connectivity index (χ0v) is 11.3. The number of imidazole rings is 1. The molecule has 0 saturated heterocycles. The molecule has 1 atom stereocenters. The minimum absolute atomic E-state index is 0. The fourth-order valence-corrected chi connectivity index (χ4v) is 1.20. The van der Waals surface area contributed by atoms with Gasteiger partial charge in [-0.3, -0.25) is 9.47 Å². The lowest BCUT2D eigenvalue weighted by molar-refractivity contribution is 0.0637. The van der Waals surface area contributed by atoms with Crippen LogP contribution in [0.15, 0.2) is 12.4 Å². The molecule has 4 nitrogen and oxygen atoms in total. The van der Waals surface area contributed by atoms with Gasteiger partial charge < -0.3 is 5.73 Å². The van der Waals surface area contributed by atoms with Crippen LogP contribution in [-0.4, -0.2) is 34.1 Å². The molecule has 1 unspecified atom stereocenters. The molecule has 17 heavy (non-hydrogen) atoms. The van der Waals surface area contributed by atoms with Crippen LogP contribution in [0.2, 0.25) is 0 Å². The predicted octanol–water partition coefficient (Wildman–Crippen LogP) is 1.90. The summed E-state index contributed by atoms with van der Waals surface area (Å²) in [5.74, 6) is 0.354. The summed E-state index contributed by atoms with van der Waals surface area (Å²) < 4.78 is 25.8. The van der Waals surface area contributed by atoms with Crippen molar-refractivity contribution in [2.24, 2.45) is 5.73 Å². The second kappa shape index (κ2) is 8.63. The van der Waals surface area contributed by atoms with Crippen LogP contribution in [0, 0.1) is 0 Å². The molecular weight excluding hydrogens is 273 g/mol. The summed E-state index contributed by atoms with van der Waals surface area (Å²) in [6, 6.07) is 0.146. The molecule has 0 aromatic carbocycles. The molecule has 0 saturated carbocycles. The van der Waals surface area contributed by atoms with Crippen LogP contribution in [0.25, 0.3) is 0 Å². The maximum absolute atomic E-state index is 12.5. The number of rotatable bonds is 5. The zero-order valence-electron chi connectivity index (χ0n) is 9.72. The second-order valence-corrected chi connectivity index (χ2v) is 3.53. The van der Waals surface area contributed by atoms with E-state index in [-0.39, 0.29) is 30.9 Å². The molecule has 1 heterocycles. The summed E-state index contributed by atoms with van der Waals surface area (Å²) in [6.45, 7) is 0.265. The normalized spacial score (nSPS) is 12.2. The molecule has 8 heteroatoms. The van der Waals surface area contributed by atoms with Crippen molar-refractivity contribution in [1.29, 1.82) is 0 Å². The number of hydrogen-bond donors (Lipinski definition) is 1. The van der Waals surface area contributed by atoms with E-state index < -0.39 is 6.55 Å². The molecule has 0 aliphatic heterocycles. The number of aromatic nitrogens is 2. The quantitative estimate of drug-likeness (QED) is 0.901. The topological polar surface area (TPSA) is 47.1 Å². The fourth-order valence-electron chi connectivity index (χ4n) is 1.20. The number of alkyl halides is 2. The zero-order chi connectivity index (χ0) is 11.4. The Balaban J connectivity index is 0. The van der Waals surface area contributed by atoms with Crippen LogP contribution < -0.4 is 5.73 Å². The molecule has 102 valence electrons. The largest absolute Gasteiger partial charge is 0.329 e. The van der Waals surface area contributed by atoms with Gasteiger partial charge in [-0.15, -0.1) is 24.8 Å². The molecule has 0 radical (unpaired) electrons. The Morgan fingerprint density at radius 3 is 2.53 bits per heavy atom. The average Bonchev–Trinajstić information content (AvgIpc) is 2.64. The number of likely N-dealkylation sites (N-methyl/N-ethyl adjacent to an activating group) is 1. The maximum Gasteiger partial charge on any atom is 0.319 e. The van der Waals surface area contributed by atoms with E-state index in [1.165, 1.54) is 12.4 Å². The highest BCUT2D eigenvalue weighted by molar-refractivity contribution is 5.85. The van der Waals surface area contributed by atoms with Crippen molar-refractivity contribution in [3.05, 3.63) is 18.2 Å². The summed E-state index contributed by atoms with van der Waals surface area (Å²) in [5, 5.41) is 0. The highest BCUT2D eigenvalue weighted by Crippen LogP contribution is 2.13. The van der Waals surface area contributed by atoms with Crippen molar-refractivity contribution >= 4 is 24.8 Å². The molecule has 0 aliphatic carbocycles. The smallest absolute Gasteiger partial charge is 0.319 e. The van der Waals surface area contributed by atoms with Gasteiger partial charge in [-0.2, -0.15) is 8.78 Å².